The van der Waals surface area contributed by atoms with Gasteiger partial charge in [-0.1, -0.05) is 18.2 Å². The van der Waals surface area contributed by atoms with E-state index in [2.05, 4.69) is 0 Å². The minimum Gasteiger partial charge on any atom is -0.480 e. The summed E-state index contributed by atoms with van der Waals surface area (Å²) in [5.41, 5.74) is 0.954. The van der Waals surface area contributed by atoms with Crippen LogP contribution in [0.15, 0.2) is 34.9 Å². The van der Waals surface area contributed by atoms with Crippen molar-refractivity contribution in [1.29, 1.82) is 0 Å². The van der Waals surface area contributed by atoms with Gasteiger partial charge in [0.1, 0.15) is 18.4 Å². The Morgan fingerprint density at radius 1 is 1.35 bits per heavy atom. The van der Waals surface area contributed by atoms with Gasteiger partial charge >= 0.3 is 5.97 Å². The Morgan fingerprint density at radius 3 is 2.80 bits per heavy atom. The zero-order chi connectivity index (χ0) is 14.5. The molecule has 0 spiro atoms. The third-order valence-corrected chi connectivity index (χ3v) is 2.89. The van der Waals surface area contributed by atoms with Gasteiger partial charge in [0.25, 0.3) is 5.91 Å². The van der Waals surface area contributed by atoms with Crippen molar-refractivity contribution in [2.75, 3.05) is 26.8 Å². The fourth-order valence-corrected chi connectivity index (χ4v) is 1.93. The second kappa shape index (κ2) is 6.21. The van der Waals surface area contributed by atoms with Crippen LogP contribution in [0, 0.1) is 0 Å². The smallest absolute Gasteiger partial charge is 0.323 e. The van der Waals surface area contributed by atoms with Crippen LogP contribution in [0.4, 0.5) is 0 Å². The monoisotopic (exact) mass is 277 g/mol. The van der Waals surface area contributed by atoms with Gasteiger partial charge < -0.3 is 19.2 Å². The number of furan rings is 1. The number of carboxylic acid groups (broad SMARTS) is 1. The molecule has 1 heterocycles. The number of hydrogen-bond acceptors (Lipinski definition) is 4. The lowest BCUT2D eigenvalue weighted by Crippen LogP contribution is -2.37. The number of hydrogen-bond donors (Lipinski definition) is 1. The molecule has 0 aliphatic rings. The second-order valence-corrected chi connectivity index (χ2v) is 4.26. The Morgan fingerprint density at radius 2 is 2.10 bits per heavy atom. The maximum atomic E-state index is 12.4. The predicted octanol–water partition coefficient (Wildman–Crippen LogP) is 1.61. The molecule has 6 heteroatoms. The molecule has 0 bridgehead atoms. The lowest BCUT2D eigenvalue weighted by atomic mass is 10.1. The first kappa shape index (κ1) is 14.1. The molecule has 0 saturated carbocycles. The maximum absolute atomic E-state index is 12.4. The molecule has 0 saturated heterocycles. The first-order chi connectivity index (χ1) is 9.63. The number of methoxy groups -OCH3 is 1. The van der Waals surface area contributed by atoms with Crippen molar-refractivity contribution in [3.8, 4) is 0 Å². The first-order valence-corrected chi connectivity index (χ1v) is 6.09. The van der Waals surface area contributed by atoms with Crippen LogP contribution in [0.5, 0.6) is 0 Å². The summed E-state index contributed by atoms with van der Waals surface area (Å²) in [5.74, 6) is -1.45. The number of ether oxygens (including phenoxy) is 1. The highest BCUT2D eigenvalue weighted by atomic mass is 16.5. The maximum Gasteiger partial charge on any atom is 0.323 e. The molecular weight excluding hydrogens is 262 g/mol. The van der Waals surface area contributed by atoms with Crippen molar-refractivity contribution < 1.29 is 23.8 Å². The Labute approximate surface area is 115 Å². The molecule has 1 N–H and O–H groups in total. The first-order valence-electron chi connectivity index (χ1n) is 6.09. The van der Waals surface area contributed by atoms with E-state index < -0.39 is 5.97 Å². The molecule has 0 radical (unpaired) electrons. The van der Waals surface area contributed by atoms with Crippen molar-refractivity contribution in [2.24, 2.45) is 0 Å². The molecule has 1 aromatic heterocycles. The van der Waals surface area contributed by atoms with Gasteiger partial charge in [-0.15, -0.1) is 0 Å². The summed E-state index contributed by atoms with van der Waals surface area (Å²) in [6.07, 6.45) is 1.36. The topological polar surface area (TPSA) is 80.0 Å². The van der Waals surface area contributed by atoms with Crippen LogP contribution >= 0.6 is 0 Å². The number of carbonyl (C=O) groups excluding carboxylic acids is 1. The molecule has 106 valence electrons. The zero-order valence-electron chi connectivity index (χ0n) is 11.0. The zero-order valence-corrected chi connectivity index (χ0v) is 11.0. The number of para-hydroxylation sites is 1. The number of carboxylic acids is 1. The third-order valence-electron chi connectivity index (χ3n) is 2.89. The lowest BCUT2D eigenvalue weighted by molar-refractivity contribution is -0.137. The molecule has 1 aromatic carbocycles. The summed E-state index contributed by atoms with van der Waals surface area (Å²) in [7, 11) is 1.50. The number of aliphatic carboxylic acids is 1. The van der Waals surface area contributed by atoms with Crippen LogP contribution in [0.25, 0.3) is 11.0 Å². The number of benzene rings is 1. The van der Waals surface area contributed by atoms with Crippen LogP contribution in [0.1, 0.15) is 10.4 Å². The van der Waals surface area contributed by atoms with Gasteiger partial charge in [0, 0.05) is 19.0 Å². The van der Waals surface area contributed by atoms with E-state index >= 15 is 0 Å². The largest absolute Gasteiger partial charge is 0.480 e. The summed E-state index contributed by atoms with van der Waals surface area (Å²) in [4.78, 5) is 24.5. The molecule has 6 nitrogen and oxygen atoms in total. The Bertz CT molecular complexity index is 619. The minimum absolute atomic E-state index is 0.209. The van der Waals surface area contributed by atoms with Gasteiger partial charge in [0.05, 0.1) is 12.2 Å². The summed E-state index contributed by atoms with van der Waals surface area (Å²) in [5, 5.41) is 9.56. The number of rotatable bonds is 6. The van der Waals surface area contributed by atoms with Crippen LogP contribution in [-0.2, 0) is 9.53 Å². The van der Waals surface area contributed by atoms with Crippen LogP contribution in [0.2, 0.25) is 0 Å². The average Bonchev–Trinajstić information content (AvgIpc) is 2.86. The fraction of sp³-hybridized carbons (Fsp3) is 0.286. The molecule has 2 aromatic rings. The lowest BCUT2D eigenvalue weighted by Gasteiger charge is -2.19. The number of fused-ring (bicyclic) bond motifs is 1. The van der Waals surface area contributed by atoms with Crippen molar-refractivity contribution in [3.63, 3.8) is 0 Å². The van der Waals surface area contributed by atoms with E-state index in [-0.39, 0.29) is 25.6 Å². The molecule has 1 amide bonds. The summed E-state index contributed by atoms with van der Waals surface area (Å²) in [6.45, 7) is 0.109. The SMILES string of the molecule is COCCN(CC(=O)O)C(=O)c1coc2ccccc12. The quantitative estimate of drug-likeness (QED) is 0.867. The third kappa shape index (κ3) is 2.97. The van der Waals surface area contributed by atoms with Crippen molar-refractivity contribution >= 4 is 22.8 Å². The van der Waals surface area contributed by atoms with Crippen LogP contribution in [0.3, 0.4) is 0 Å². The highest BCUT2D eigenvalue weighted by Gasteiger charge is 2.21. The Kier molecular flexibility index (Phi) is 4.37. The van der Waals surface area contributed by atoms with E-state index in [0.29, 0.717) is 16.5 Å². The van der Waals surface area contributed by atoms with Crippen LogP contribution < -0.4 is 0 Å². The number of amides is 1. The van der Waals surface area contributed by atoms with E-state index in [0.717, 1.165) is 0 Å². The molecule has 0 aliphatic carbocycles. The van der Waals surface area contributed by atoms with Crippen molar-refractivity contribution in [2.45, 2.75) is 0 Å². The van der Waals surface area contributed by atoms with Crippen molar-refractivity contribution in [3.05, 3.63) is 36.1 Å². The summed E-state index contributed by atoms with van der Waals surface area (Å²) < 4.78 is 10.2. The fourth-order valence-electron chi connectivity index (χ4n) is 1.93. The number of nitrogens with zero attached hydrogens (tertiary/aromatic N) is 1. The van der Waals surface area contributed by atoms with E-state index in [9.17, 15) is 9.59 Å². The van der Waals surface area contributed by atoms with E-state index in [1.165, 1.54) is 18.3 Å². The standard InChI is InChI=1S/C14H15NO5/c1-19-7-6-15(8-13(16)17)14(18)11-9-20-12-5-3-2-4-10(11)12/h2-5,9H,6-8H2,1H3,(H,16,17). The molecule has 0 fully saturated rings. The minimum atomic E-state index is -1.07. The van der Waals surface area contributed by atoms with E-state index in [4.69, 9.17) is 14.3 Å². The molecule has 2 rings (SSSR count). The van der Waals surface area contributed by atoms with Gasteiger partial charge in [-0.25, -0.2) is 0 Å². The van der Waals surface area contributed by atoms with Crippen molar-refractivity contribution in [1.82, 2.24) is 4.90 Å². The van der Waals surface area contributed by atoms with Gasteiger partial charge in [0.2, 0.25) is 0 Å². The Hall–Kier alpha value is -2.34. The Balaban J connectivity index is 2.28. The molecule has 0 unspecified atom stereocenters. The number of carbonyl (C=O) groups is 2. The normalized spacial score (nSPS) is 10.7. The molecule has 0 atom stereocenters. The summed E-state index contributed by atoms with van der Waals surface area (Å²) in [6, 6.07) is 7.12. The van der Waals surface area contributed by atoms with E-state index in [1.54, 1.807) is 24.3 Å². The average molecular weight is 277 g/mol. The van der Waals surface area contributed by atoms with Gasteiger partial charge in [-0.3, -0.25) is 9.59 Å². The highest BCUT2D eigenvalue weighted by Crippen LogP contribution is 2.22. The molecule has 20 heavy (non-hydrogen) atoms. The van der Waals surface area contributed by atoms with Gasteiger partial charge in [-0.05, 0) is 6.07 Å². The van der Waals surface area contributed by atoms with Crippen LogP contribution in [-0.4, -0.2) is 48.7 Å². The van der Waals surface area contributed by atoms with Gasteiger partial charge in [-0.2, -0.15) is 0 Å². The van der Waals surface area contributed by atoms with E-state index in [1.807, 2.05) is 0 Å². The molecular formula is C14H15NO5. The second-order valence-electron chi connectivity index (χ2n) is 4.26. The van der Waals surface area contributed by atoms with Gasteiger partial charge in [0.15, 0.2) is 0 Å². The summed E-state index contributed by atoms with van der Waals surface area (Å²) >= 11 is 0. The highest BCUT2D eigenvalue weighted by molar-refractivity contribution is 6.06. The predicted molar refractivity (Wildman–Crippen MR) is 71.6 cm³/mol. The molecule has 0 aliphatic heterocycles.